The summed E-state index contributed by atoms with van der Waals surface area (Å²) in [7, 11) is 0. The van der Waals surface area contributed by atoms with Gasteiger partial charge in [-0.05, 0) is 13.0 Å². The van der Waals surface area contributed by atoms with Crippen LogP contribution in [0.1, 0.15) is 12.6 Å². The number of nitro benzene ring substituents is 1. The van der Waals surface area contributed by atoms with Crippen molar-refractivity contribution in [1.82, 2.24) is 20.3 Å². The Morgan fingerprint density at radius 1 is 1.28 bits per heavy atom. The van der Waals surface area contributed by atoms with Crippen molar-refractivity contribution in [3.8, 4) is 0 Å². The Bertz CT molecular complexity index is 802. The molecule has 29 heavy (non-hydrogen) atoms. The van der Waals surface area contributed by atoms with Crippen molar-refractivity contribution in [2.24, 2.45) is 4.99 Å². The Balaban J connectivity index is 1.49. The van der Waals surface area contributed by atoms with Gasteiger partial charge in [0.2, 0.25) is 0 Å². The van der Waals surface area contributed by atoms with Gasteiger partial charge < -0.3 is 20.1 Å². The van der Waals surface area contributed by atoms with Crippen LogP contribution in [0.15, 0.2) is 46.1 Å². The molecule has 0 amide bonds. The molecular weight excluding hydrogens is 374 g/mol. The predicted molar refractivity (Wildman–Crippen MR) is 111 cm³/mol. The minimum atomic E-state index is -0.381. The fourth-order valence-corrected chi connectivity index (χ4v) is 3.23. The van der Waals surface area contributed by atoms with Gasteiger partial charge in [-0.3, -0.25) is 20.0 Å². The molecule has 0 aliphatic carbocycles. The molecule has 10 nitrogen and oxygen atoms in total. The van der Waals surface area contributed by atoms with Crippen molar-refractivity contribution in [3.05, 3.63) is 52.4 Å². The summed E-state index contributed by atoms with van der Waals surface area (Å²) < 4.78 is 4.90. The molecule has 2 heterocycles. The van der Waals surface area contributed by atoms with Crippen molar-refractivity contribution in [2.75, 3.05) is 51.1 Å². The number of nitrogens with zero attached hydrogens (tertiary/aromatic N) is 5. The van der Waals surface area contributed by atoms with Gasteiger partial charge >= 0.3 is 0 Å². The Hall–Kier alpha value is -3.14. The summed E-state index contributed by atoms with van der Waals surface area (Å²) in [6, 6.07) is 8.53. The fourth-order valence-electron chi connectivity index (χ4n) is 3.23. The van der Waals surface area contributed by atoms with Gasteiger partial charge in [0.05, 0.1) is 17.2 Å². The van der Waals surface area contributed by atoms with Crippen LogP contribution >= 0.6 is 0 Å². The van der Waals surface area contributed by atoms with E-state index in [4.69, 9.17) is 4.52 Å². The molecule has 3 rings (SSSR count). The van der Waals surface area contributed by atoms with Crippen molar-refractivity contribution in [2.45, 2.75) is 13.5 Å². The highest BCUT2D eigenvalue weighted by Crippen LogP contribution is 2.22. The number of nitrogens with one attached hydrogen (secondary N) is 2. The third-order valence-corrected chi connectivity index (χ3v) is 4.67. The smallest absolute Gasteiger partial charge is 0.292 e. The van der Waals surface area contributed by atoms with Gasteiger partial charge in [-0.25, -0.2) is 0 Å². The molecule has 0 atom stereocenters. The summed E-state index contributed by atoms with van der Waals surface area (Å²) >= 11 is 0. The largest absolute Gasteiger partial charge is 0.378 e. The molecule has 10 heteroatoms. The van der Waals surface area contributed by atoms with E-state index in [2.05, 4.69) is 30.6 Å². The maximum absolute atomic E-state index is 11.1. The Kier molecular flexibility index (Phi) is 7.40. The maximum atomic E-state index is 11.1. The average molecular weight is 401 g/mol. The summed E-state index contributed by atoms with van der Waals surface area (Å²) in [5.74, 6) is 0.873. The molecule has 1 fully saturated rings. The summed E-state index contributed by atoms with van der Waals surface area (Å²) in [6.45, 7) is 8.26. The van der Waals surface area contributed by atoms with Crippen LogP contribution in [-0.4, -0.2) is 71.7 Å². The van der Waals surface area contributed by atoms with Crippen LogP contribution in [-0.2, 0) is 6.54 Å². The number of para-hydroxylation sites is 2. The molecule has 1 aromatic heterocycles. The topological polar surface area (TPSA) is 112 Å². The summed E-state index contributed by atoms with van der Waals surface area (Å²) in [6.07, 6.45) is 1.60. The van der Waals surface area contributed by atoms with Gasteiger partial charge in [-0.15, -0.1) is 0 Å². The van der Waals surface area contributed by atoms with Gasteiger partial charge in [-0.2, -0.15) is 0 Å². The van der Waals surface area contributed by atoms with E-state index in [0.29, 0.717) is 18.8 Å². The van der Waals surface area contributed by atoms with E-state index in [9.17, 15) is 10.1 Å². The molecule has 0 saturated carbocycles. The second-order valence-corrected chi connectivity index (χ2v) is 6.69. The van der Waals surface area contributed by atoms with E-state index in [0.717, 1.165) is 50.9 Å². The van der Waals surface area contributed by atoms with Gasteiger partial charge in [0.25, 0.3) is 5.69 Å². The van der Waals surface area contributed by atoms with Gasteiger partial charge in [0.1, 0.15) is 12.0 Å². The quantitative estimate of drug-likeness (QED) is 0.226. The zero-order valence-corrected chi connectivity index (χ0v) is 16.6. The molecule has 0 bridgehead atoms. The van der Waals surface area contributed by atoms with Crippen molar-refractivity contribution >= 4 is 17.3 Å². The SMILES string of the molecule is CCNC(=NCCNc1ccccc1[N+](=O)[O-])N1CCN(Cc2ccon2)CC1. The number of hydrogen-bond donors (Lipinski definition) is 2. The second-order valence-electron chi connectivity index (χ2n) is 6.69. The lowest BCUT2D eigenvalue weighted by molar-refractivity contribution is -0.384. The highest BCUT2D eigenvalue weighted by atomic mass is 16.6. The number of aliphatic imine (C=N–C) groups is 1. The molecule has 2 aromatic rings. The van der Waals surface area contributed by atoms with Gasteiger partial charge in [0.15, 0.2) is 5.96 Å². The first kappa shape index (κ1) is 20.6. The molecule has 1 saturated heterocycles. The number of rotatable bonds is 8. The van der Waals surface area contributed by atoms with Crippen LogP contribution < -0.4 is 10.6 Å². The standard InChI is InChI=1S/C19H27N7O3/c1-2-20-19(22-9-8-21-17-5-3-4-6-18(17)26(27)28)25-12-10-24(11-13-25)15-16-7-14-29-23-16/h3-7,14,21H,2,8-13,15H2,1H3,(H,20,22). The van der Waals surface area contributed by atoms with Gasteiger partial charge in [0, 0.05) is 57.9 Å². The minimum Gasteiger partial charge on any atom is -0.378 e. The van der Waals surface area contributed by atoms with E-state index in [-0.39, 0.29) is 10.6 Å². The number of guanidine groups is 1. The zero-order chi connectivity index (χ0) is 20.5. The van der Waals surface area contributed by atoms with Crippen LogP contribution in [0.5, 0.6) is 0 Å². The minimum absolute atomic E-state index is 0.0756. The molecule has 0 radical (unpaired) electrons. The number of piperazine rings is 1. The van der Waals surface area contributed by atoms with E-state index in [1.165, 1.54) is 6.07 Å². The lowest BCUT2D eigenvalue weighted by Gasteiger charge is -2.36. The average Bonchev–Trinajstić information content (AvgIpc) is 3.24. The fraction of sp³-hybridized carbons (Fsp3) is 0.474. The van der Waals surface area contributed by atoms with Crippen molar-refractivity contribution < 1.29 is 9.45 Å². The zero-order valence-electron chi connectivity index (χ0n) is 16.6. The van der Waals surface area contributed by atoms with E-state index < -0.39 is 0 Å². The highest BCUT2D eigenvalue weighted by Gasteiger charge is 2.20. The first-order valence-electron chi connectivity index (χ1n) is 9.79. The highest BCUT2D eigenvalue weighted by molar-refractivity contribution is 5.80. The van der Waals surface area contributed by atoms with E-state index >= 15 is 0 Å². The van der Waals surface area contributed by atoms with Crippen LogP contribution in [0.4, 0.5) is 11.4 Å². The van der Waals surface area contributed by atoms with Gasteiger partial charge in [-0.1, -0.05) is 17.3 Å². The molecular formula is C19H27N7O3. The molecule has 1 aliphatic rings. The summed E-state index contributed by atoms with van der Waals surface area (Å²) in [5, 5.41) is 21.5. The van der Waals surface area contributed by atoms with Crippen LogP contribution in [0.2, 0.25) is 0 Å². The number of anilines is 1. The molecule has 1 aromatic carbocycles. The summed E-state index contributed by atoms with van der Waals surface area (Å²) in [4.78, 5) is 20.0. The lowest BCUT2D eigenvalue weighted by atomic mass is 10.2. The van der Waals surface area contributed by atoms with Crippen molar-refractivity contribution in [3.63, 3.8) is 0 Å². The predicted octanol–water partition coefficient (Wildman–Crippen LogP) is 1.78. The molecule has 2 N–H and O–H groups in total. The number of nitro groups is 1. The first-order valence-corrected chi connectivity index (χ1v) is 9.79. The Morgan fingerprint density at radius 2 is 2.07 bits per heavy atom. The summed E-state index contributed by atoms with van der Waals surface area (Å²) in [5.41, 5.74) is 1.53. The Morgan fingerprint density at radius 3 is 2.76 bits per heavy atom. The number of hydrogen-bond acceptors (Lipinski definition) is 7. The van der Waals surface area contributed by atoms with Crippen LogP contribution in [0.3, 0.4) is 0 Å². The van der Waals surface area contributed by atoms with Crippen molar-refractivity contribution in [1.29, 1.82) is 0 Å². The molecule has 1 aliphatic heterocycles. The van der Waals surface area contributed by atoms with Crippen LogP contribution in [0, 0.1) is 10.1 Å². The molecule has 0 spiro atoms. The third-order valence-electron chi connectivity index (χ3n) is 4.67. The molecule has 156 valence electrons. The molecule has 0 unspecified atom stereocenters. The normalized spacial score (nSPS) is 15.3. The Labute approximate surface area is 169 Å². The first-order chi connectivity index (χ1) is 14.2. The second kappa shape index (κ2) is 10.4. The number of benzene rings is 1. The van der Waals surface area contributed by atoms with E-state index in [1.54, 1.807) is 24.5 Å². The van der Waals surface area contributed by atoms with E-state index in [1.807, 2.05) is 13.0 Å². The monoisotopic (exact) mass is 401 g/mol. The number of aromatic nitrogens is 1. The maximum Gasteiger partial charge on any atom is 0.292 e. The third kappa shape index (κ3) is 5.92. The lowest BCUT2D eigenvalue weighted by Crippen LogP contribution is -2.52. The van der Waals surface area contributed by atoms with Crippen LogP contribution in [0.25, 0.3) is 0 Å².